The number of hydrogen-bond donors (Lipinski definition) is 2. The topological polar surface area (TPSA) is 35.5 Å². The van der Waals surface area contributed by atoms with Gasteiger partial charge in [0.1, 0.15) is 0 Å². The van der Waals surface area contributed by atoms with Crippen LogP contribution in [0.25, 0.3) is 0 Å². The van der Waals surface area contributed by atoms with Crippen molar-refractivity contribution in [2.75, 3.05) is 26.7 Å². The summed E-state index contributed by atoms with van der Waals surface area (Å²) >= 11 is 0. The summed E-state index contributed by atoms with van der Waals surface area (Å²) in [6, 6.07) is 0.665. The van der Waals surface area contributed by atoms with Gasteiger partial charge in [0.2, 0.25) is 0 Å². The van der Waals surface area contributed by atoms with Gasteiger partial charge in [0, 0.05) is 19.1 Å². The number of β-amino-alcohol motifs (C(OH)–C–C–N with tert-alkyl or cyclic N) is 1. The van der Waals surface area contributed by atoms with Crippen molar-refractivity contribution < 1.29 is 5.11 Å². The quantitative estimate of drug-likeness (QED) is 0.784. The zero-order valence-electron chi connectivity index (χ0n) is 11.6. The highest BCUT2D eigenvalue weighted by Gasteiger charge is 2.35. The summed E-state index contributed by atoms with van der Waals surface area (Å²) in [5, 5.41) is 13.7. The summed E-state index contributed by atoms with van der Waals surface area (Å²) in [5.74, 6) is 1.67. The van der Waals surface area contributed by atoms with Crippen LogP contribution in [-0.4, -0.2) is 48.3 Å². The zero-order valence-corrected chi connectivity index (χ0v) is 11.6. The smallest absolute Gasteiger partial charge is 0.0909 e. The molecule has 2 aliphatic rings. The van der Waals surface area contributed by atoms with E-state index in [2.05, 4.69) is 31.1 Å². The molecule has 1 heterocycles. The van der Waals surface area contributed by atoms with E-state index in [1.807, 2.05) is 0 Å². The van der Waals surface area contributed by atoms with Gasteiger partial charge in [0.15, 0.2) is 0 Å². The van der Waals surface area contributed by atoms with E-state index < -0.39 is 5.60 Å². The van der Waals surface area contributed by atoms with E-state index >= 15 is 0 Å². The maximum absolute atomic E-state index is 10.4. The molecular weight excluding hydrogens is 212 g/mol. The molecule has 100 valence electrons. The molecule has 1 saturated heterocycles. The van der Waals surface area contributed by atoms with E-state index in [4.69, 9.17) is 0 Å². The van der Waals surface area contributed by atoms with Crippen molar-refractivity contribution in [3.63, 3.8) is 0 Å². The van der Waals surface area contributed by atoms with Gasteiger partial charge in [-0.15, -0.1) is 0 Å². The Morgan fingerprint density at radius 2 is 1.88 bits per heavy atom. The van der Waals surface area contributed by atoms with Crippen molar-refractivity contribution in [1.29, 1.82) is 0 Å². The number of likely N-dealkylation sites (N-methyl/N-ethyl adjacent to an activating group) is 1. The molecule has 0 radical (unpaired) electrons. The Labute approximate surface area is 106 Å². The minimum atomic E-state index is -0.487. The van der Waals surface area contributed by atoms with Crippen LogP contribution >= 0.6 is 0 Å². The van der Waals surface area contributed by atoms with Gasteiger partial charge in [-0.05, 0) is 51.1 Å². The van der Waals surface area contributed by atoms with Crippen LogP contribution in [0.15, 0.2) is 0 Å². The number of nitrogens with zero attached hydrogens (tertiary/aromatic N) is 1. The molecule has 3 unspecified atom stereocenters. The molecule has 0 aromatic heterocycles. The number of nitrogens with one attached hydrogen (secondary N) is 1. The molecule has 17 heavy (non-hydrogen) atoms. The lowest BCUT2D eigenvalue weighted by Crippen LogP contribution is -2.48. The van der Waals surface area contributed by atoms with Crippen LogP contribution < -0.4 is 5.32 Å². The first-order chi connectivity index (χ1) is 7.98. The highest BCUT2D eigenvalue weighted by atomic mass is 16.3. The maximum Gasteiger partial charge on any atom is 0.0909 e. The molecule has 0 spiro atoms. The summed E-state index contributed by atoms with van der Waals surface area (Å²) in [4.78, 5) is 2.40. The Bertz CT molecular complexity index is 241. The Balaban J connectivity index is 1.88. The molecule has 2 fully saturated rings. The average molecular weight is 240 g/mol. The normalized spacial score (nSPS) is 43.2. The third-order valence-electron chi connectivity index (χ3n) is 4.54. The molecular formula is C14H28N2O. The SMILES string of the molecule is CC1CC(C)CC(N(C)CC2(O)CCNC2)C1. The van der Waals surface area contributed by atoms with Crippen molar-refractivity contribution in [2.45, 2.75) is 51.2 Å². The van der Waals surface area contributed by atoms with E-state index in [9.17, 15) is 5.11 Å². The number of aliphatic hydroxyl groups is 1. The van der Waals surface area contributed by atoms with Crippen LogP contribution in [0.4, 0.5) is 0 Å². The third-order valence-corrected chi connectivity index (χ3v) is 4.54. The molecule has 1 aliphatic heterocycles. The first kappa shape index (κ1) is 13.3. The Kier molecular flexibility index (Phi) is 4.11. The third kappa shape index (κ3) is 3.43. The largest absolute Gasteiger partial charge is 0.387 e. The molecule has 2 N–H and O–H groups in total. The van der Waals surface area contributed by atoms with Crippen molar-refractivity contribution in [2.24, 2.45) is 11.8 Å². The van der Waals surface area contributed by atoms with Gasteiger partial charge in [0.25, 0.3) is 0 Å². The lowest BCUT2D eigenvalue weighted by atomic mass is 9.79. The summed E-state index contributed by atoms with van der Waals surface area (Å²) in [5.41, 5.74) is -0.487. The lowest BCUT2D eigenvalue weighted by Gasteiger charge is -2.40. The number of rotatable bonds is 3. The fourth-order valence-corrected chi connectivity index (χ4v) is 3.72. The van der Waals surface area contributed by atoms with Crippen LogP contribution in [0.2, 0.25) is 0 Å². The lowest BCUT2D eigenvalue weighted by molar-refractivity contribution is 0.00418. The van der Waals surface area contributed by atoms with E-state index in [0.29, 0.717) is 6.04 Å². The summed E-state index contributed by atoms with van der Waals surface area (Å²) in [7, 11) is 2.19. The van der Waals surface area contributed by atoms with Gasteiger partial charge in [-0.25, -0.2) is 0 Å². The van der Waals surface area contributed by atoms with Crippen LogP contribution in [-0.2, 0) is 0 Å². The van der Waals surface area contributed by atoms with Crippen molar-refractivity contribution in [1.82, 2.24) is 10.2 Å². The molecule has 1 aliphatic carbocycles. The monoisotopic (exact) mass is 240 g/mol. The summed E-state index contributed by atoms with van der Waals surface area (Å²) < 4.78 is 0. The zero-order chi connectivity index (χ0) is 12.5. The highest BCUT2D eigenvalue weighted by Crippen LogP contribution is 2.32. The first-order valence-electron chi connectivity index (χ1n) is 7.12. The second-order valence-corrected chi connectivity index (χ2v) is 6.64. The molecule has 1 saturated carbocycles. The van der Waals surface area contributed by atoms with Gasteiger partial charge in [-0.3, -0.25) is 0 Å². The van der Waals surface area contributed by atoms with Gasteiger partial charge in [0.05, 0.1) is 5.60 Å². The van der Waals surface area contributed by atoms with Crippen LogP contribution in [0.5, 0.6) is 0 Å². The molecule has 0 bridgehead atoms. The van der Waals surface area contributed by atoms with Crippen molar-refractivity contribution >= 4 is 0 Å². The summed E-state index contributed by atoms with van der Waals surface area (Å²) in [6.07, 6.45) is 4.86. The predicted octanol–water partition coefficient (Wildman–Crippen LogP) is 1.47. The second kappa shape index (κ2) is 5.25. The Hall–Kier alpha value is -0.120. The second-order valence-electron chi connectivity index (χ2n) is 6.64. The highest BCUT2D eigenvalue weighted by molar-refractivity contribution is 4.92. The van der Waals surface area contributed by atoms with Gasteiger partial charge in [-0.1, -0.05) is 13.8 Å². The standard InChI is InChI=1S/C14H28N2O/c1-11-6-12(2)8-13(7-11)16(3)10-14(17)4-5-15-9-14/h11-13,15,17H,4-10H2,1-3H3. The Morgan fingerprint density at radius 1 is 1.24 bits per heavy atom. The number of hydrogen-bond acceptors (Lipinski definition) is 3. The Morgan fingerprint density at radius 3 is 2.41 bits per heavy atom. The van der Waals surface area contributed by atoms with E-state index in [-0.39, 0.29) is 0 Å². The fraction of sp³-hybridized carbons (Fsp3) is 1.00. The average Bonchev–Trinajstić information content (AvgIpc) is 2.63. The minimum absolute atomic E-state index is 0.487. The van der Waals surface area contributed by atoms with Crippen LogP contribution in [0, 0.1) is 11.8 Å². The summed E-state index contributed by atoms with van der Waals surface area (Å²) in [6.45, 7) is 7.27. The molecule has 0 aromatic rings. The maximum atomic E-state index is 10.4. The van der Waals surface area contributed by atoms with Gasteiger partial charge in [-0.2, -0.15) is 0 Å². The molecule has 2 rings (SSSR count). The van der Waals surface area contributed by atoms with Crippen LogP contribution in [0.1, 0.15) is 39.5 Å². The van der Waals surface area contributed by atoms with Gasteiger partial charge < -0.3 is 15.3 Å². The molecule has 3 heteroatoms. The molecule has 3 atom stereocenters. The molecule has 0 aromatic carbocycles. The van der Waals surface area contributed by atoms with Gasteiger partial charge >= 0.3 is 0 Å². The van der Waals surface area contributed by atoms with Crippen LogP contribution in [0.3, 0.4) is 0 Å². The first-order valence-corrected chi connectivity index (χ1v) is 7.12. The van der Waals surface area contributed by atoms with E-state index in [0.717, 1.165) is 37.9 Å². The van der Waals surface area contributed by atoms with Crippen molar-refractivity contribution in [3.05, 3.63) is 0 Å². The predicted molar refractivity (Wildman–Crippen MR) is 71.0 cm³/mol. The minimum Gasteiger partial charge on any atom is -0.387 e. The van der Waals surface area contributed by atoms with E-state index in [1.165, 1.54) is 19.3 Å². The van der Waals surface area contributed by atoms with E-state index in [1.54, 1.807) is 0 Å². The van der Waals surface area contributed by atoms with Crippen molar-refractivity contribution in [3.8, 4) is 0 Å². The molecule has 0 amide bonds. The fourth-order valence-electron chi connectivity index (χ4n) is 3.72. The molecule has 3 nitrogen and oxygen atoms in total.